The summed E-state index contributed by atoms with van der Waals surface area (Å²) in [5.74, 6) is -4.98. The molecule has 0 saturated carbocycles. The first-order valence-corrected chi connectivity index (χ1v) is 26.7. The van der Waals surface area contributed by atoms with Gasteiger partial charge in [-0.2, -0.15) is 0 Å². The van der Waals surface area contributed by atoms with E-state index in [0.29, 0.717) is 44.0 Å². The van der Waals surface area contributed by atoms with E-state index >= 15 is 0 Å². The van der Waals surface area contributed by atoms with Crippen LogP contribution in [-0.2, 0) is 51.2 Å². The minimum absolute atomic E-state index is 0.0114. The van der Waals surface area contributed by atoms with Crippen LogP contribution in [0, 0.1) is 11.8 Å². The monoisotopic (exact) mass is 1030 g/mol. The number of nitrogens with one attached hydrogen (secondary N) is 4. The number of benzene rings is 2. The lowest BCUT2D eigenvalue weighted by Gasteiger charge is -2.31. The van der Waals surface area contributed by atoms with Gasteiger partial charge >= 0.3 is 0 Å². The highest BCUT2D eigenvalue weighted by Crippen LogP contribution is 2.34. The summed E-state index contributed by atoms with van der Waals surface area (Å²) in [6.07, 6.45) is 4.01. The highest BCUT2D eigenvalue weighted by molar-refractivity contribution is 5.98. The van der Waals surface area contributed by atoms with E-state index in [-0.39, 0.29) is 69.4 Å². The summed E-state index contributed by atoms with van der Waals surface area (Å²) in [7, 11) is 1.41. The molecule has 410 valence electrons. The molecule has 1 aliphatic carbocycles. The third kappa shape index (κ3) is 22.7. The standard InChI is InChI=1S/C51H71N9O8.3C2H6/c1-31-48(65)59-45(27-36-15-8-7-9-16-36)47(64)29-39(18-13-25-54-33(3)52)46(63)30-40(28-38-24-23-37-17-10-11-19-41(37)38)49(66)57-42(32(2)61)20-12-21-44(51(68)60(31)6)58-50(67)43(56-35(5)62)22-14-26-55-34(4)53;3*1-2/h7-11,15-17,19,24,31,39-40,42-45H,12-14,18,20-23,25-30H2,1-6H3,(H2,52,54)(H2,53,55)(H,56,62)(H,57,66)(H,58,67)(H,59,65);3*1-2H3. The molecule has 0 bridgehead atoms. The van der Waals surface area contributed by atoms with Gasteiger partial charge in [0.15, 0.2) is 11.6 Å². The number of rotatable bonds is 16. The molecule has 1 fully saturated rings. The van der Waals surface area contributed by atoms with Gasteiger partial charge in [-0.15, -0.1) is 0 Å². The number of nitrogens with two attached hydrogens (primary N) is 2. The molecule has 0 radical (unpaired) electrons. The predicted octanol–water partition coefficient (Wildman–Crippen LogP) is 6.38. The van der Waals surface area contributed by atoms with Crippen molar-refractivity contribution in [1.82, 2.24) is 26.2 Å². The number of nitrogens with zero attached hydrogens (tertiary/aromatic N) is 3. The molecule has 74 heavy (non-hydrogen) atoms. The molecular weight excluding hydrogens is 939 g/mol. The third-order valence-electron chi connectivity index (χ3n) is 12.6. The summed E-state index contributed by atoms with van der Waals surface area (Å²) in [4.78, 5) is 121. The molecule has 1 aliphatic heterocycles. The van der Waals surface area contributed by atoms with Crippen molar-refractivity contribution in [3.8, 4) is 0 Å². The molecular formula is C57H89N9O8. The fourth-order valence-corrected chi connectivity index (χ4v) is 8.62. The van der Waals surface area contributed by atoms with E-state index in [1.807, 2.05) is 102 Å². The molecule has 2 aliphatic rings. The lowest BCUT2D eigenvalue weighted by molar-refractivity contribution is -0.142. The summed E-state index contributed by atoms with van der Waals surface area (Å²) in [5.41, 5.74) is 15.2. The zero-order valence-corrected chi connectivity index (χ0v) is 46.5. The van der Waals surface area contributed by atoms with Crippen LogP contribution in [0.5, 0.6) is 0 Å². The summed E-state index contributed by atoms with van der Waals surface area (Å²) < 4.78 is 0. The van der Waals surface area contributed by atoms with Crippen LogP contribution in [0.15, 0.2) is 70.7 Å². The van der Waals surface area contributed by atoms with Crippen LogP contribution >= 0.6 is 0 Å². The second-order valence-electron chi connectivity index (χ2n) is 18.2. The van der Waals surface area contributed by atoms with Crippen LogP contribution in [0.4, 0.5) is 0 Å². The van der Waals surface area contributed by atoms with Crippen molar-refractivity contribution < 1.29 is 38.4 Å². The molecule has 0 spiro atoms. The van der Waals surface area contributed by atoms with Crippen molar-refractivity contribution in [3.05, 3.63) is 77.4 Å². The molecule has 0 aromatic heterocycles. The lowest BCUT2D eigenvalue weighted by Crippen LogP contribution is -2.57. The number of likely N-dealkylation sites (N-methyl/N-ethyl adjacent to an activating group) is 1. The number of carbonyl (C=O) groups excluding carboxylic acids is 8. The van der Waals surface area contributed by atoms with Gasteiger partial charge in [-0.3, -0.25) is 48.3 Å². The quantitative estimate of drug-likeness (QED) is 0.0614. The van der Waals surface area contributed by atoms with E-state index in [1.165, 1.54) is 32.7 Å². The summed E-state index contributed by atoms with van der Waals surface area (Å²) in [5, 5.41) is 11.2. The smallest absolute Gasteiger partial charge is 0.245 e. The number of aliphatic imine (C=N–C) groups is 2. The number of carbonyl (C=O) groups is 8. The Kier molecular flexibility index (Phi) is 31.5. The number of amides is 5. The molecule has 7 unspecified atom stereocenters. The maximum Gasteiger partial charge on any atom is 0.245 e. The minimum atomic E-state index is -1.23. The lowest BCUT2D eigenvalue weighted by atomic mass is 9.83. The van der Waals surface area contributed by atoms with Gasteiger partial charge in [0.25, 0.3) is 0 Å². The molecule has 8 N–H and O–H groups in total. The number of allylic oxidation sites excluding steroid dienone is 2. The van der Waals surface area contributed by atoms with Crippen molar-refractivity contribution >= 4 is 64.1 Å². The number of hydrogen-bond acceptors (Lipinski definition) is 10. The normalized spacial score (nSPS) is 21.6. The zero-order chi connectivity index (χ0) is 55.9. The maximum absolute atomic E-state index is 14.6. The zero-order valence-electron chi connectivity index (χ0n) is 46.5. The van der Waals surface area contributed by atoms with Gasteiger partial charge in [-0.05, 0) is 114 Å². The average Bonchev–Trinajstić information content (AvgIpc) is 3.80. The van der Waals surface area contributed by atoms with E-state index in [2.05, 4.69) is 31.3 Å². The molecule has 5 amide bonds. The first-order valence-electron chi connectivity index (χ1n) is 26.7. The van der Waals surface area contributed by atoms with Gasteiger partial charge in [0.2, 0.25) is 29.5 Å². The molecule has 7 atom stereocenters. The SMILES string of the molecule is CC.CC.CC.CC(=O)NC(CCCN=C(C)N)C(=O)NC1CCCC(C(C)=O)NC(=O)C(CC2=CCc3ccccc32)CC(=O)C(CCCN=C(C)N)CC(=O)C(Cc2ccccc2)NC(=O)C(C)N(C)C1=O. The Morgan fingerprint density at radius 1 is 0.743 bits per heavy atom. The van der Waals surface area contributed by atoms with Crippen molar-refractivity contribution in [1.29, 1.82) is 0 Å². The molecule has 4 rings (SSSR count). The minimum Gasteiger partial charge on any atom is -0.388 e. The molecule has 2 aromatic rings. The molecule has 1 saturated heterocycles. The van der Waals surface area contributed by atoms with Crippen molar-refractivity contribution in [2.24, 2.45) is 33.3 Å². The first kappa shape index (κ1) is 65.5. The van der Waals surface area contributed by atoms with Gasteiger partial charge in [-0.25, -0.2) is 0 Å². The Morgan fingerprint density at radius 2 is 1.34 bits per heavy atom. The Labute approximate surface area is 441 Å². The fourth-order valence-electron chi connectivity index (χ4n) is 8.62. The van der Waals surface area contributed by atoms with E-state index in [4.69, 9.17) is 11.5 Å². The highest BCUT2D eigenvalue weighted by Gasteiger charge is 2.36. The summed E-state index contributed by atoms with van der Waals surface area (Å²) in [6, 6.07) is 11.4. The molecule has 17 nitrogen and oxygen atoms in total. The Balaban J connectivity index is 0.00000439. The average molecular weight is 1030 g/mol. The van der Waals surface area contributed by atoms with E-state index < -0.39 is 77.4 Å². The second-order valence-corrected chi connectivity index (χ2v) is 18.2. The van der Waals surface area contributed by atoms with Gasteiger partial charge < -0.3 is 37.6 Å². The third-order valence-corrected chi connectivity index (χ3v) is 12.6. The topological polar surface area (TPSA) is 265 Å². The fraction of sp³-hybridized carbons (Fsp3) is 0.579. The van der Waals surface area contributed by atoms with E-state index in [0.717, 1.165) is 22.3 Å². The van der Waals surface area contributed by atoms with Crippen LogP contribution in [0.1, 0.15) is 157 Å². The molecule has 2 aromatic carbocycles. The van der Waals surface area contributed by atoms with Gasteiger partial charge in [0.1, 0.15) is 23.9 Å². The summed E-state index contributed by atoms with van der Waals surface area (Å²) in [6.45, 7) is 20.0. The van der Waals surface area contributed by atoms with E-state index in [9.17, 15) is 38.4 Å². The highest BCUT2D eigenvalue weighted by atomic mass is 16.2. The Bertz CT molecular complexity index is 2220. The predicted molar refractivity (Wildman–Crippen MR) is 296 cm³/mol. The Hall–Kier alpha value is -6.52. The van der Waals surface area contributed by atoms with Crippen molar-refractivity contribution in [2.45, 2.75) is 183 Å². The summed E-state index contributed by atoms with van der Waals surface area (Å²) >= 11 is 0. The number of Topliss-reactive ketones (excluding diaryl/α,β-unsaturated/α-hetero) is 3. The second kappa shape index (κ2) is 35.6. The van der Waals surface area contributed by atoms with Gasteiger partial charge in [-0.1, -0.05) is 102 Å². The van der Waals surface area contributed by atoms with Crippen LogP contribution in [0.25, 0.3) is 5.57 Å². The van der Waals surface area contributed by atoms with Crippen LogP contribution < -0.4 is 32.7 Å². The number of amidine groups is 2. The van der Waals surface area contributed by atoms with Crippen LogP contribution in [-0.4, -0.2) is 114 Å². The van der Waals surface area contributed by atoms with Gasteiger partial charge in [0, 0.05) is 51.7 Å². The van der Waals surface area contributed by atoms with E-state index in [1.54, 1.807) is 13.8 Å². The molecule has 1 heterocycles. The molecule has 17 heteroatoms. The number of hydrogen-bond donors (Lipinski definition) is 6. The van der Waals surface area contributed by atoms with Crippen molar-refractivity contribution in [3.63, 3.8) is 0 Å². The number of ketones is 3. The largest absolute Gasteiger partial charge is 0.388 e. The maximum atomic E-state index is 14.6. The van der Waals surface area contributed by atoms with Crippen molar-refractivity contribution in [2.75, 3.05) is 20.1 Å². The van der Waals surface area contributed by atoms with Gasteiger partial charge in [0.05, 0.1) is 23.8 Å². The van der Waals surface area contributed by atoms with Crippen LogP contribution in [0.2, 0.25) is 0 Å². The first-order chi connectivity index (χ1) is 35.3. The number of fused-ring (bicyclic) bond motifs is 1. The Morgan fingerprint density at radius 3 is 1.95 bits per heavy atom. The van der Waals surface area contributed by atoms with Crippen LogP contribution in [0.3, 0.4) is 0 Å².